The summed E-state index contributed by atoms with van der Waals surface area (Å²) < 4.78 is 5.91. The second-order valence-corrected chi connectivity index (χ2v) is 7.21. The van der Waals surface area contributed by atoms with E-state index in [4.69, 9.17) is 0 Å². The van der Waals surface area contributed by atoms with Crippen LogP contribution in [0.15, 0.2) is 65.8 Å². The van der Waals surface area contributed by atoms with Crippen molar-refractivity contribution in [2.75, 3.05) is 19.0 Å². The van der Waals surface area contributed by atoms with Crippen molar-refractivity contribution in [3.8, 4) is 11.3 Å². The van der Waals surface area contributed by atoms with Gasteiger partial charge >= 0.3 is 5.97 Å². The number of fused-ring (bicyclic) bond motifs is 1. The van der Waals surface area contributed by atoms with E-state index in [9.17, 15) is 14.4 Å². The van der Waals surface area contributed by atoms with Gasteiger partial charge in [0.25, 0.3) is 5.56 Å². The highest BCUT2D eigenvalue weighted by Crippen LogP contribution is 2.18. The molecule has 0 bridgehead atoms. The summed E-state index contributed by atoms with van der Waals surface area (Å²) in [4.78, 5) is 48.7. The highest BCUT2D eigenvalue weighted by Gasteiger charge is 2.16. The average Bonchev–Trinajstić information content (AvgIpc) is 3.26. The van der Waals surface area contributed by atoms with Crippen LogP contribution in [-0.4, -0.2) is 45.1 Å². The topological polar surface area (TPSA) is 131 Å². The van der Waals surface area contributed by atoms with E-state index in [1.165, 1.54) is 17.9 Å². The molecule has 0 radical (unpaired) electrons. The van der Waals surface area contributed by atoms with Crippen LogP contribution in [0.1, 0.15) is 5.69 Å². The third kappa shape index (κ3) is 5.06. The lowest BCUT2D eigenvalue weighted by molar-refractivity contribution is -0.138. The Hall–Kier alpha value is -4.47. The fraction of sp³-hybridized carbons (Fsp3) is 0.174. The van der Waals surface area contributed by atoms with E-state index >= 15 is 0 Å². The first-order chi connectivity index (χ1) is 16.0. The summed E-state index contributed by atoms with van der Waals surface area (Å²) >= 11 is 0. The molecule has 0 saturated carbocycles. The molecule has 1 amide bonds. The first-order valence-electron chi connectivity index (χ1n) is 10.2. The van der Waals surface area contributed by atoms with Crippen molar-refractivity contribution in [2.45, 2.75) is 13.1 Å². The molecule has 0 unspecified atom stereocenters. The minimum atomic E-state index is -0.541. The number of H-pyrrole nitrogens is 1. The number of ether oxygens (including phenoxy) is 1. The number of nitrogens with zero attached hydrogens (tertiary/aromatic N) is 3. The van der Waals surface area contributed by atoms with E-state index in [0.29, 0.717) is 5.69 Å². The quantitative estimate of drug-likeness (QED) is 0.351. The van der Waals surface area contributed by atoms with E-state index in [1.807, 2.05) is 42.5 Å². The minimum absolute atomic E-state index is 0.0454. The van der Waals surface area contributed by atoms with E-state index in [2.05, 4.69) is 30.3 Å². The van der Waals surface area contributed by atoms with Crippen LogP contribution in [-0.2, 0) is 27.4 Å². The first-order valence-corrected chi connectivity index (χ1v) is 10.2. The van der Waals surface area contributed by atoms with Gasteiger partial charge in [-0.2, -0.15) is 0 Å². The fourth-order valence-electron chi connectivity index (χ4n) is 3.35. The molecule has 0 saturated heterocycles. The molecule has 3 heterocycles. The summed E-state index contributed by atoms with van der Waals surface area (Å²) in [6.45, 7) is -0.174. The van der Waals surface area contributed by atoms with Crippen LogP contribution >= 0.6 is 0 Å². The van der Waals surface area contributed by atoms with Crippen molar-refractivity contribution < 1.29 is 14.3 Å². The molecule has 0 aliphatic heterocycles. The van der Waals surface area contributed by atoms with Crippen LogP contribution in [0.2, 0.25) is 0 Å². The number of rotatable bonds is 8. The normalized spacial score (nSPS) is 10.7. The summed E-state index contributed by atoms with van der Waals surface area (Å²) in [5.41, 5.74) is 2.44. The van der Waals surface area contributed by atoms with Gasteiger partial charge in [0.1, 0.15) is 13.1 Å². The lowest BCUT2D eigenvalue weighted by Gasteiger charge is -2.14. The zero-order valence-electron chi connectivity index (χ0n) is 17.9. The highest BCUT2D eigenvalue weighted by atomic mass is 16.5. The zero-order chi connectivity index (χ0) is 23.2. The Balaban J connectivity index is 1.56. The molecule has 0 aliphatic carbocycles. The lowest BCUT2D eigenvalue weighted by Crippen LogP contribution is -2.35. The Morgan fingerprint density at radius 1 is 1.15 bits per heavy atom. The van der Waals surface area contributed by atoms with Crippen molar-refractivity contribution in [1.82, 2.24) is 24.8 Å². The van der Waals surface area contributed by atoms with Crippen molar-refractivity contribution in [3.05, 3.63) is 77.1 Å². The number of aromatic nitrogens is 4. The van der Waals surface area contributed by atoms with Crippen molar-refractivity contribution >= 4 is 28.6 Å². The monoisotopic (exact) mass is 446 g/mol. The van der Waals surface area contributed by atoms with Crippen molar-refractivity contribution in [3.63, 3.8) is 0 Å². The summed E-state index contributed by atoms with van der Waals surface area (Å²) in [6.07, 6.45) is 4.92. The molecular formula is C23H22N6O4. The summed E-state index contributed by atoms with van der Waals surface area (Å²) in [7, 11) is 1.25. The molecular weight excluding hydrogens is 424 g/mol. The van der Waals surface area contributed by atoms with Gasteiger partial charge in [0.2, 0.25) is 5.91 Å². The lowest BCUT2D eigenvalue weighted by atomic mass is 10.1. The minimum Gasteiger partial charge on any atom is -0.468 e. The molecule has 4 aromatic rings. The number of hydrogen-bond acceptors (Lipinski definition) is 7. The summed E-state index contributed by atoms with van der Waals surface area (Å²) in [5.74, 6) is -0.937. The number of carbonyl (C=O) groups is 2. The third-order valence-corrected chi connectivity index (χ3v) is 5.01. The number of pyridine rings is 1. The van der Waals surface area contributed by atoms with Gasteiger partial charge in [0.15, 0.2) is 5.82 Å². The van der Waals surface area contributed by atoms with Crippen LogP contribution in [0.4, 0.5) is 5.82 Å². The molecule has 4 rings (SSSR count). The molecule has 0 aliphatic rings. The molecule has 3 N–H and O–H groups in total. The SMILES string of the molecule is COC(=O)CNc1ncc(-c2ccccc2)n(CC(=O)NCc2cc3cnccc3[nH]2)c1=O. The molecule has 0 fully saturated rings. The number of carbonyl (C=O) groups excluding carboxylic acids is 2. The number of esters is 1. The number of methoxy groups -OCH3 is 1. The van der Waals surface area contributed by atoms with Crippen LogP contribution in [0.3, 0.4) is 0 Å². The number of aromatic amines is 1. The highest BCUT2D eigenvalue weighted by molar-refractivity contribution is 5.80. The van der Waals surface area contributed by atoms with E-state index < -0.39 is 11.5 Å². The average molecular weight is 446 g/mol. The standard InChI is InChI=1S/C23H22N6O4/c1-33-21(31)13-27-22-23(32)29(19(12-26-22)15-5-3-2-4-6-15)14-20(30)25-11-17-9-16-10-24-8-7-18(16)28-17/h2-10,12,28H,11,13-14H2,1H3,(H,25,30)(H,26,27). The Morgan fingerprint density at radius 2 is 1.97 bits per heavy atom. The first kappa shape index (κ1) is 21.8. The molecule has 33 heavy (non-hydrogen) atoms. The Bertz CT molecular complexity index is 1310. The van der Waals surface area contributed by atoms with E-state index in [-0.39, 0.29) is 31.4 Å². The zero-order valence-corrected chi connectivity index (χ0v) is 17.9. The van der Waals surface area contributed by atoms with Gasteiger partial charge in [0, 0.05) is 29.0 Å². The van der Waals surface area contributed by atoms with Crippen LogP contribution in [0, 0.1) is 0 Å². The van der Waals surface area contributed by atoms with E-state index in [1.54, 1.807) is 12.4 Å². The van der Waals surface area contributed by atoms with Crippen LogP contribution < -0.4 is 16.2 Å². The molecule has 1 aromatic carbocycles. The molecule has 168 valence electrons. The van der Waals surface area contributed by atoms with Gasteiger partial charge in [-0.15, -0.1) is 0 Å². The molecule has 0 spiro atoms. The maximum atomic E-state index is 13.1. The number of anilines is 1. The Kier molecular flexibility index (Phi) is 6.44. The van der Waals surface area contributed by atoms with Gasteiger partial charge in [-0.1, -0.05) is 30.3 Å². The molecule has 10 heteroatoms. The third-order valence-electron chi connectivity index (χ3n) is 5.01. The van der Waals surface area contributed by atoms with Crippen molar-refractivity contribution in [2.24, 2.45) is 0 Å². The second-order valence-electron chi connectivity index (χ2n) is 7.21. The maximum absolute atomic E-state index is 13.1. The number of hydrogen-bond donors (Lipinski definition) is 3. The number of benzene rings is 1. The number of amides is 1. The van der Waals surface area contributed by atoms with Gasteiger partial charge in [-0.05, 0) is 17.7 Å². The number of nitrogens with one attached hydrogen (secondary N) is 3. The predicted molar refractivity (Wildman–Crippen MR) is 122 cm³/mol. The molecule has 0 atom stereocenters. The summed E-state index contributed by atoms with van der Waals surface area (Å²) in [6, 6.07) is 12.9. The maximum Gasteiger partial charge on any atom is 0.325 e. The van der Waals surface area contributed by atoms with Gasteiger partial charge in [0.05, 0.1) is 25.5 Å². The smallest absolute Gasteiger partial charge is 0.325 e. The second kappa shape index (κ2) is 9.77. The van der Waals surface area contributed by atoms with Gasteiger partial charge in [-0.3, -0.25) is 23.9 Å². The Labute approximate surface area is 188 Å². The Morgan fingerprint density at radius 3 is 2.73 bits per heavy atom. The van der Waals surface area contributed by atoms with Crippen molar-refractivity contribution in [1.29, 1.82) is 0 Å². The fourth-order valence-corrected chi connectivity index (χ4v) is 3.35. The summed E-state index contributed by atoms with van der Waals surface area (Å²) in [5, 5.41) is 6.44. The van der Waals surface area contributed by atoms with Crippen LogP contribution in [0.5, 0.6) is 0 Å². The molecule has 3 aromatic heterocycles. The largest absolute Gasteiger partial charge is 0.468 e. The predicted octanol–water partition coefficient (Wildman–Crippen LogP) is 1.69. The molecule has 10 nitrogen and oxygen atoms in total. The van der Waals surface area contributed by atoms with Gasteiger partial charge < -0.3 is 20.4 Å². The van der Waals surface area contributed by atoms with E-state index in [0.717, 1.165) is 22.2 Å². The van der Waals surface area contributed by atoms with Crippen LogP contribution in [0.25, 0.3) is 22.2 Å². The van der Waals surface area contributed by atoms with Gasteiger partial charge in [-0.25, -0.2) is 4.98 Å².